The number of nitrogens with one attached hydrogen (secondary N) is 2. The van der Waals surface area contributed by atoms with Crippen LogP contribution in [0.15, 0.2) is 30.3 Å². The molecule has 1 aromatic carbocycles. The second-order valence-electron chi connectivity index (χ2n) is 6.91. The molecule has 0 aliphatic carbocycles. The smallest absolute Gasteiger partial charge is 0.171 e. The van der Waals surface area contributed by atoms with E-state index in [0.717, 1.165) is 36.5 Å². The molecule has 0 unspecified atom stereocenters. The Morgan fingerprint density at radius 2 is 1.72 bits per heavy atom. The van der Waals surface area contributed by atoms with E-state index in [0.29, 0.717) is 27.5 Å². The molecule has 154 valence electrons. The summed E-state index contributed by atoms with van der Waals surface area (Å²) in [6.07, 6.45) is 0.919. The van der Waals surface area contributed by atoms with Crippen molar-refractivity contribution in [1.82, 2.24) is 24.9 Å². The van der Waals surface area contributed by atoms with Gasteiger partial charge in [-0.25, -0.2) is 0 Å². The van der Waals surface area contributed by atoms with Gasteiger partial charge in [0.05, 0.1) is 12.2 Å². The number of nitrogens with zero attached hydrogens (tertiary/aromatic N) is 4. The summed E-state index contributed by atoms with van der Waals surface area (Å²) in [6, 6.07) is 9.50. The van der Waals surface area contributed by atoms with Crippen molar-refractivity contribution in [3.63, 3.8) is 0 Å². The Labute approximate surface area is 186 Å². The fourth-order valence-corrected chi connectivity index (χ4v) is 3.78. The van der Waals surface area contributed by atoms with Gasteiger partial charge in [-0.05, 0) is 57.6 Å². The summed E-state index contributed by atoms with van der Waals surface area (Å²) in [7, 11) is 0. The van der Waals surface area contributed by atoms with Crippen LogP contribution >= 0.6 is 35.4 Å². The summed E-state index contributed by atoms with van der Waals surface area (Å²) in [6.45, 7) is 8.14. The van der Waals surface area contributed by atoms with Crippen molar-refractivity contribution in [2.45, 2.75) is 40.3 Å². The van der Waals surface area contributed by atoms with E-state index in [2.05, 4.69) is 33.8 Å². The highest BCUT2D eigenvalue weighted by atomic mass is 35.5. The van der Waals surface area contributed by atoms with Crippen molar-refractivity contribution in [3.8, 4) is 0 Å². The maximum absolute atomic E-state index is 6.27. The third-order valence-electron chi connectivity index (χ3n) is 4.53. The first-order valence-corrected chi connectivity index (χ1v) is 10.5. The first kappa shape index (κ1) is 21.6. The standard InChI is InChI=1S/C20H24Cl2N6S/c1-13-10-14(2)27(25-13)9-5-8-23-20(29)24-19-11-15(3)28(26-19)12-16-17(21)6-4-7-18(16)22/h4,6-7,10-11H,5,8-9,12H2,1-3H3,(H2,23,24,26,29). The third kappa shape index (κ3) is 5.72. The number of benzene rings is 1. The van der Waals surface area contributed by atoms with E-state index in [9.17, 15) is 0 Å². The molecule has 0 radical (unpaired) electrons. The number of aryl methyl sites for hydroxylation is 4. The predicted octanol–water partition coefficient (Wildman–Crippen LogP) is 4.74. The first-order chi connectivity index (χ1) is 13.8. The van der Waals surface area contributed by atoms with E-state index in [1.807, 2.05) is 47.5 Å². The van der Waals surface area contributed by atoms with Crippen LogP contribution in [0.25, 0.3) is 0 Å². The van der Waals surface area contributed by atoms with Gasteiger partial charge in [-0.15, -0.1) is 0 Å². The van der Waals surface area contributed by atoms with Crippen LogP contribution in [0.5, 0.6) is 0 Å². The van der Waals surface area contributed by atoms with Crippen molar-refractivity contribution >= 4 is 46.4 Å². The molecule has 0 fully saturated rings. The maximum Gasteiger partial charge on any atom is 0.171 e. The van der Waals surface area contributed by atoms with E-state index >= 15 is 0 Å². The van der Waals surface area contributed by atoms with Gasteiger partial charge in [-0.1, -0.05) is 29.3 Å². The topological polar surface area (TPSA) is 59.7 Å². The summed E-state index contributed by atoms with van der Waals surface area (Å²) in [5, 5.41) is 17.2. The lowest BCUT2D eigenvalue weighted by molar-refractivity contribution is 0.558. The molecule has 2 aromatic heterocycles. The van der Waals surface area contributed by atoms with Crippen LogP contribution in [-0.2, 0) is 13.1 Å². The van der Waals surface area contributed by atoms with E-state index in [-0.39, 0.29) is 0 Å². The van der Waals surface area contributed by atoms with Crippen LogP contribution in [-0.4, -0.2) is 31.2 Å². The monoisotopic (exact) mass is 450 g/mol. The Morgan fingerprint density at radius 1 is 1.03 bits per heavy atom. The highest BCUT2D eigenvalue weighted by Gasteiger charge is 2.11. The average molecular weight is 451 g/mol. The fraction of sp³-hybridized carbons (Fsp3) is 0.350. The highest BCUT2D eigenvalue weighted by molar-refractivity contribution is 7.80. The van der Waals surface area contributed by atoms with E-state index < -0.39 is 0 Å². The van der Waals surface area contributed by atoms with Crippen molar-refractivity contribution in [3.05, 3.63) is 63.0 Å². The average Bonchev–Trinajstić information content (AvgIpc) is 3.16. The Balaban J connectivity index is 1.51. The summed E-state index contributed by atoms with van der Waals surface area (Å²) in [4.78, 5) is 0. The van der Waals surface area contributed by atoms with Gasteiger partial charge in [0.15, 0.2) is 10.9 Å². The van der Waals surface area contributed by atoms with Crippen LogP contribution in [0.1, 0.15) is 29.1 Å². The predicted molar refractivity (Wildman–Crippen MR) is 123 cm³/mol. The minimum absolute atomic E-state index is 0.495. The summed E-state index contributed by atoms with van der Waals surface area (Å²) in [5.41, 5.74) is 4.04. The Bertz CT molecular complexity index is 990. The number of thiocarbonyl (C=S) groups is 1. The van der Waals surface area contributed by atoms with Gasteiger partial charge in [-0.3, -0.25) is 9.36 Å². The van der Waals surface area contributed by atoms with Gasteiger partial charge in [0.1, 0.15) is 0 Å². The number of anilines is 1. The summed E-state index contributed by atoms with van der Waals surface area (Å²) >= 11 is 17.9. The minimum atomic E-state index is 0.495. The molecule has 0 spiro atoms. The van der Waals surface area contributed by atoms with Gasteiger partial charge in [0, 0.05) is 46.2 Å². The molecule has 0 atom stereocenters. The summed E-state index contributed by atoms with van der Waals surface area (Å²) in [5.74, 6) is 0.682. The second-order valence-corrected chi connectivity index (χ2v) is 8.14. The lowest BCUT2D eigenvalue weighted by Crippen LogP contribution is -2.30. The van der Waals surface area contributed by atoms with Crippen LogP contribution in [0, 0.1) is 20.8 Å². The number of aromatic nitrogens is 4. The van der Waals surface area contributed by atoms with Crippen LogP contribution in [0.2, 0.25) is 10.0 Å². The molecule has 0 aliphatic rings. The lowest BCUT2D eigenvalue weighted by Gasteiger charge is -2.10. The molecular weight excluding hydrogens is 427 g/mol. The third-order valence-corrected chi connectivity index (χ3v) is 5.48. The summed E-state index contributed by atoms with van der Waals surface area (Å²) < 4.78 is 3.86. The molecule has 6 nitrogen and oxygen atoms in total. The van der Waals surface area contributed by atoms with Crippen LogP contribution < -0.4 is 10.6 Å². The van der Waals surface area contributed by atoms with Gasteiger partial charge < -0.3 is 10.6 Å². The van der Waals surface area contributed by atoms with Crippen LogP contribution in [0.3, 0.4) is 0 Å². The zero-order valence-corrected chi connectivity index (χ0v) is 19.0. The van der Waals surface area contributed by atoms with Crippen molar-refractivity contribution in [2.24, 2.45) is 0 Å². The maximum atomic E-state index is 6.27. The highest BCUT2D eigenvalue weighted by Crippen LogP contribution is 2.25. The largest absolute Gasteiger partial charge is 0.362 e. The number of halogens is 2. The van der Waals surface area contributed by atoms with E-state index in [1.165, 1.54) is 5.69 Å². The molecular formula is C20H24Cl2N6S. The second kappa shape index (κ2) is 9.61. The quantitative estimate of drug-likeness (QED) is 0.402. The van der Waals surface area contributed by atoms with Crippen LogP contribution in [0.4, 0.5) is 5.82 Å². The molecule has 0 saturated carbocycles. The zero-order valence-electron chi connectivity index (χ0n) is 16.7. The zero-order chi connectivity index (χ0) is 21.0. The van der Waals surface area contributed by atoms with Gasteiger partial charge in [0.2, 0.25) is 0 Å². The normalized spacial score (nSPS) is 10.9. The molecule has 0 aliphatic heterocycles. The van der Waals surface area contributed by atoms with Crippen molar-refractivity contribution < 1.29 is 0 Å². The fourth-order valence-electron chi connectivity index (χ4n) is 3.06. The van der Waals surface area contributed by atoms with Crippen molar-refractivity contribution in [2.75, 3.05) is 11.9 Å². The number of hydrogen-bond donors (Lipinski definition) is 2. The molecule has 0 bridgehead atoms. The Kier molecular flexibility index (Phi) is 7.16. The lowest BCUT2D eigenvalue weighted by atomic mass is 10.2. The SMILES string of the molecule is Cc1cc(C)n(CCCNC(=S)Nc2cc(C)n(Cc3c(Cl)cccc3Cl)n2)n1. The molecule has 3 rings (SSSR count). The molecule has 29 heavy (non-hydrogen) atoms. The van der Waals surface area contributed by atoms with Gasteiger partial charge in [-0.2, -0.15) is 10.2 Å². The molecule has 2 N–H and O–H groups in total. The van der Waals surface area contributed by atoms with Gasteiger partial charge in [0.25, 0.3) is 0 Å². The van der Waals surface area contributed by atoms with E-state index in [4.69, 9.17) is 35.4 Å². The number of rotatable bonds is 7. The van der Waals surface area contributed by atoms with Crippen molar-refractivity contribution in [1.29, 1.82) is 0 Å². The first-order valence-electron chi connectivity index (χ1n) is 9.36. The molecule has 2 heterocycles. The Morgan fingerprint density at radius 3 is 2.38 bits per heavy atom. The molecule has 3 aromatic rings. The minimum Gasteiger partial charge on any atom is -0.362 e. The molecule has 0 amide bonds. The van der Waals surface area contributed by atoms with E-state index in [1.54, 1.807) is 0 Å². The van der Waals surface area contributed by atoms with Gasteiger partial charge >= 0.3 is 0 Å². The molecule has 9 heteroatoms. The molecule has 0 saturated heterocycles. The number of hydrogen-bond acceptors (Lipinski definition) is 3. The Hall–Kier alpha value is -2.09.